The number of rotatable bonds is 4. The molecular formula is C17H17F2N. The molecule has 0 amide bonds. The van der Waals surface area contributed by atoms with Gasteiger partial charge in [0.1, 0.15) is 11.6 Å². The van der Waals surface area contributed by atoms with Gasteiger partial charge in [0.05, 0.1) is 0 Å². The summed E-state index contributed by atoms with van der Waals surface area (Å²) < 4.78 is 27.1. The molecule has 0 aliphatic heterocycles. The van der Waals surface area contributed by atoms with Crippen molar-refractivity contribution in [3.8, 4) is 0 Å². The third kappa shape index (κ3) is 2.73. The van der Waals surface area contributed by atoms with Crippen LogP contribution in [-0.4, -0.2) is 6.04 Å². The van der Waals surface area contributed by atoms with Crippen molar-refractivity contribution in [1.82, 2.24) is 5.32 Å². The van der Waals surface area contributed by atoms with Crippen molar-refractivity contribution in [3.63, 3.8) is 0 Å². The molecule has 20 heavy (non-hydrogen) atoms. The fourth-order valence-corrected chi connectivity index (χ4v) is 2.74. The van der Waals surface area contributed by atoms with Gasteiger partial charge in [-0.1, -0.05) is 36.4 Å². The number of nitrogens with one attached hydrogen (secondary N) is 1. The highest BCUT2D eigenvalue weighted by Gasteiger charge is 2.31. The Morgan fingerprint density at radius 3 is 2.25 bits per heavy atom. The topological polar surface area (TPSA) is 12.0 Å². The van der Waals surface area contributed by atoms with Gasteiger partial charge in [-0.2, -0.15) is 0 Å². The van der Waals surface area contributed by atoms with Crippen LogP contribution in [-0.2, 0) is 6.54 Å². The molecule has 0 bridgehead atoms. The first-order chi connectivity index (χ1) is 9.74. The van der Waals surface area contributed by atoms with Crippen LogP contribution in [0.5, 0.6) is 0 Å². The Hall–Kier alpha value is -1.74. The molecule has 3 heteroatoms. The lowest BCUT2D eigenvalue weighted by Gasteiger charge is -2.36. The van der Waals surface area contributed by atoms with Crippen molar-refractivity contribution in [2.75, 3.05) is 0 Å². The molecule has 1 N–H and O–H groups in total. The molecule has 1 aliphatic rings. The van der Waals surface area contributed by atoms with E-state index in [1.54, 1.807) is 18.2 Å². The Bertz CT molecular complexity index is 588. The summed E-state index contributed by atoms with van der Waals surface area (Å²) in [5.74, 6) is -0.00986. The zero-order valence-electron chi connectivity index (χ0n) is 11.2. The van der Waals surface area contributed by atoms with E-state index in [9.17, 15) is 8.78 Å². The van der Waals surface area contributed by atoms with Crippen LogP contribution in [0.15, 0.2) is 48.5 Å². The molecule has 0 aromatic heterocycles. The molecule has 0 unspecified atom stereocenters. The van der Waals surface area contributed by atoms with E-state index in [1.165, 1.54) is 12.1 Å². The average Bonchev–Trinajstić information content (AvgIpc) is 2.41. The summed E-state index contributed by atoms with van der Waals surface area (Å²) >= 11 is 0. The average molecular weight is 273 g/mol. The van der Waals surface area contributed by atoms with Gasteiger partial charge in [0, 0.05) is 18.2 Å². The zero-order valence-corrected chi connectivity index (χ0v) is 11.2. The van der Waals surface area contributed by atoms with Crippen LogP contribution in [0.4, 0.5) is 8.78 Å². The first-order valence-corrected chi connectivity index (χ1v) is 6.95. The van der Waals surface area contributed by atoms with Crippen molar-refractivity contribution in [2.24, 2.45) is 0 Å². The Morgan fingerprint density at radius 2 is 1.55 bits per heavy atom. The summed E-state index contributed by atoms with van der Waals surface area (Å²) in [6.45, 7) is 0.529. The van der Waals surface area contributed by atoms with Crippen LogP contribution in [0.1, 0.15) is 29.9 Å². The molecule has 2 aromatic carbocycles. The maximum atomic E-state index is 13.6. The molecule has 2 aromatic rings. The quantitative estimate of drug-likeness (QED) is 0.887. The van der Waals surface area contributed by atoms with Crippen molar-refractivity contribution >= 4 is 0 Å². The van der Waals surface area contributed by atoms with Gasteiger partial charge in [0.25, 0.3) is 0 Å². The smallest absolute Gasteiger partial charge is 0.127 e. The van der Waals surface area contributed by atoms with Gasteiger partial charge in [-0.3, -0.25) is 0 Å². The summed E-state index contributed by atoms with van der Waals surface area (Å²) in [6.07, 6.45) is 1.82. The summed E-state index contributed by atoms with van der Waals surface area (Å²) in [7, 11) is 0. The van der Waals surface area contributed by atoms with E-state index in [0.29, 0.717) is 18.2 Å². The molecule has 0 spiro atoms. The van der Waals surface area contributed by atoms with Gasteiger partial charge in [-0.25, -0.2) is 8.78 Å². The number of hydrogen-bond acceptors (Lipinski definition) is 1. The molecule has 104 valence electrons. The first-order valence-electron chi connectivity index (χ1n) is 6.95. The molecule has 1 aliphatic carbocycles. The van der Waals surface area contributed by atoms with Gasteiger partial charge < -0.3 is 5.32 Å². The second kappa shape index (κ2) is 5.71. The molecule has 1 fully saturated rings. The monoisotopic (exact) mass is 273 g/mol. The van der Waals surface area contributed by atoms with Gasteiger partial charge in [-0.15, -0.1) is 0 Å². The normalized spacial score (nSPS) is 21.5. The van der Waals surface area contributed by atoms with Crippen LogP contribution in [0.25, 0.3) is 0 Å². The Morgan fingerprint density at radius 1 is 0.900 bits per heavy atom. The minimum Gasteiger partial charge on any atom is -0.310 e. The van der Waals surface area contributed by atoms with Gasteiger partial charge in [0.2, 0.25) is 0 Å². The summed E-state index contributed by atoms with van der Waals surface area (Å²) in [6, 6.07) is 14.1. The molecule has 0 heterocycles. The lowest BCUT2D eigenvalue weighted by atomic mass is 9.75. The molecular weight excluding hydrogens is 256 g/mol. The second-order valence-corrected chi connectivity index (χ2v) is 5.36. The van der Waals surface area contributed by atoms with Crippen molar-refractivity contribution in [3.05, 3.63) is 71.3 Å². The highest BCUT2D eigenvalue weighted by atomic mass is 19.1. The zero-order chi connectivity index (χ0) is 13.9. The summed E-state index contributed by atoms with van der Waals surface area (Å²) in [5, 5.41) is 3.33. The Kier molecular flexibility index (Phi) is 3.79. The van der Waals surface area contributed by atoms with Crippen molar-refractivity contribution in [1.29, 1.82) is 0 Å². The fourth-order valence-electron chi connectivity index (χ4n) is 2.74. The molecule has 0 atom stereocenters. The summed E-state index contributed by atoms with van der Waals surface area (Å²) in [4.78, 5) is 0. The standard InChI is InChI=1S/C17H17F2N/c18-16-7-3-1-5-12(16)11-20-14-9-13(10-14)15-6-2-4-8-17(15)19/h1-8,13-14,20H,9-11H2. The van der Waals surface area contributed by atoms with E-state index in [-0.39, 0.29) is 17.6 Å². The van der Waals surface area contributed by atoms with Crippen molar-refractivity contribution < 1.29 is 8.78 Å². The van der Waals surface area contributed by atoms with Gasteiger partial charge >= 0.3 is 0 Å². The van der Waals surface area contributed by atoms with E-state index < -0.39 is 0 Å². The second-order valence-electron chi connectivity index (χ2n) is 5.36. The predicted molar refractivity (Wildman–Crippen MR) is 75.4 cm³/mol. The Balaban J connectivity index is 1.52. The first kappa shape index (κ1) is 13.3. The maximum absolute atomic E-state index is 13.6. The van der Waals surface area contributed by atoms with Crippen LogP contribution in [0, 0.1) is 11.6 Å². The third-order valence-electron chi connectivity index (χ3n) is 4.02. The number of benzene rings is 2. The predicted octanol–water partition coefficient (Wildman–Crippen LogP) is 4.00. The van der Waals surface area contributed by atoms with Crippen molar-refractivity contribution in [2.45, 2.75) is 31.3 Å². The van der Waals surface area contributed by atoms with Crippen LogP contribution < -0.4 is 5.32 Å². The van der Waals surface area contributed by atoms with E-state index >= 15 is 0 Å². The third-order valence-corrected chi connectivity index (χ3v) is 4.02. The summed E-state index contributed by atoms with van der Waals surface area (Å²) in [5.41, 5.74) is 1.48. The van der Waals surface area contributed by atoms with E-state index in [0.717, 1.165) is 18.4 Å². The lowest BCUT2D eigenvalue weighted by molar-refractivity contribution is 0.283. The molecule has 3 rings (SSSR count). The van der Waals surface area contributed by atoms with Crippen LogP contribution >= 0.6 is 0 Å². The van der Waals surface area contributed by atoms with E-state index in [1.807, 2.05) is 18.2 Å². The van der Waals surface area contributed by atoms with Gasteiger partial charge in [-0.05, 0) is 36.5 Å². The minimum absolute atomic E-state index is 0.120. The lowest BCUT2D eigenvalue weighted by Crippen LogP contribution is -2.40. The fraction of sp³-hybridized carbons (Fsp3) is 0.294. The van der Waals surface area contributed by atoms with Gasteiger partial charge in [0.15, 0.2) is 0 Å². The number of hydrogen-bond donors (Lipinski definition) is 1. The largest absolute Gasteiger partial charge is 0.310 e. The SMILES string of the molecule is Fc1ccccc1CNC1CC(c2ccccc2F)C1. The van der Waals surface area contributed by atoms with E-state index in [4.69, 9.17) is 0 Å². The minimum atomic E-state index is -0.176. The van der Waals surface area contributed by atoms with Crippen LogP contribution in [0.3, 0.4) is 0 Å². The number of halogens is 2. The molecule has 1 saturated carbocycles. The molecule has 0 saturated heterocycles. The molecule has 1 nitrogen and oxygen atoms in total. The van der Waals surface area contributed by atoms with E-state index in [2.05, 4.69) is 5.32 Å². The Labute approximate surface area is 117 Å². The maximum Gasteiger partial charge on any atom is 0.127 e. The molecule has 0 radical (unpaired) electrons. The highest BCUT2D eigenvalue weighted by molar-refractivity contribution is 5.25. The van der Waals surface area contributed by atoms with Crippen LogP contribution in [0.2, 0.25) is 0 Å². The highest BCUT2D eigenvalue weighted by Crippen LogP contribution is 2.38.